The van der Waals surface area contributed by atoms with E-state index in [-0.39, 0.29) is 0 Å². The lowest BCUT2D eigenvalue weighted by molar-refractivity contribution is -0.147. The van der Waals surface area contributed by atoms with Crippen LogP contribution in [-0.2, 0) is 16.0 Å². The third-order valence-electron chi connectivity index (χ3n) is 7.42. The number of carboxylic acids is 1. The number of nitrogens with zero attached hydrogens (tertiary/aromatic N) is 2. The second kappa shape index (κ2) is 6.10. The molecule has 0 saturated heterocycles. The molecule has 2 heterocycles. The third-order valence-corrected chi connectivity index (χ3v) is 7.63. The van der Waals surface area contributed by atoms with Crippen LogP contribution in [0.3, 0.4) is 0 Å². The number of halogens is 1. The van der Waals surface area contributed by atoms with Crippen molar-refractivity contribution >= 4 is 17.6 Å². The predicted octanol–water partition coefficient (Wildman–Crippen LogP) is 3.97. The Balaban J connectivity index is 1.70. The number of fused-ring (bicyclic) bond motifs is 5. The van der Waals surface area contributed by atoms with E-state index in [9.17, 15) is 20.3 Å². The number of ether oxygens (including phenoxy) is 1. The molecular formula is C25H17ClN2O4. The Hall–Kier alpha value is -3.40. The van der Waals surface area contributed by atoms with Gasteiger partial charge in [-0.3, -0.25) is 9.78 Å². The molecule has 2 N–H and O–H groups in total. The van der Waals surface area contributed by atoms with E-state index in [0.717, 1.165) is 5.56 Å². The predicted molar refractivity (Wildman–Crippen MR) is 114 cm³/mol. The molecule has 0 radical (unpaired) electrons. The van der Waals surface area contributed by atoms with Crippen molar-refractivity contribution in [2.24, 2.45) is 11.3 Å². The normalized spacial score (nSPS) is 33.4. The number of hydrogen-bond donors (Lipinski definition) is 2. The lowest BCUT2D eigenvalue weighted by atomic mass is 9.67. The Labute approximate surface area is 188 Å². The van der Waals surface area contributed by atoms with Crippen LogP contribution in [0, 0.1) is 22.7 Å². The third kappa shape index (κ3) is 2.03. The van der Waals surface area contributed by atoms with Gasteiger partial charge in [-0.2, -0.15) is 5.26 Å². The standard InChI is InChI=1S/C25H17ClN2O4/c26-17-10-18-21(28-13-17)24(31)19-11-23(19,22(29)30)20(15-4-2-1-3-5-15)25(24,32-18)16-8-6-14(12-27)7-9-16/h1-10,13,19-20,31H,11H2,(H,29,30)/t19-,20+,23-,24+,25-/m0/s1. The van der Waals surface area contributed by atoms with E-state index in [1.165, 1.54) is 6.20 Å². The van der Waals surface area contributed by atoms with Gasteiger partial charge in [0.1, 0.15) is 11.4 Å². The van der Waals surface area contributed by atoms with Crippen molar-refractivity contribution in [3.8, 4) is 11.8 Å². The summed E-state index contributed by atoms with van der Waals surface area (Å²) < 4.78 is 6.56. The fourth-order valence-corrected chi connectivity index (χ4v) is 6.32. The van der Waals surface area contributed by atoms with E-state index >= 15 is 0 Å². The lowest BCUT2D eigenvalue weighted by Gasteiger charge is -2.43. The Bertz CT molecular complexity index is 1320. The maximum atomic E-state index is 12.7. The Morgan fingerprint density at radius 1 is 1.19 bits per heavy atom. The second-order valence-corrected chi connectivity index (χ2v) is 9.18. The lowest BCUT2D eigenvalue weighted by Crippen LogP contribution is -2.51. The van der Waals surface area contributed by atoms with Crippen LogP contribution in [0.15, 0.2) is 66.9 Å². The van der Waals surface area contributed by atoms with E-state index < -0.39 is 34.4 Å². The van der Waals surface area contributed by atoms with Crippen molar-refractivity contribution in [3.05, 3.63) is 94.3 Å². The molecule has 158 valence electrons. The van der Waals surface area contributed by atoms with Gasteiger partial charge in [-0.05, 0) is 29.7 Å². The van der Waals surface area contributed by atoms with Crippen LogP contribution in [0.4, 0.5) is 0 Å². The minimum atomic E-state index is -1.68. The highest BCUT2D eigenvalue weighted by Crippen LogP contribution is 2.84. The maximum Gasteiger partial charge on any atom is 0.310 e. The summed E-state index contributed by atoms with van der Waals surface area (Å²) in [5, 5.41) is 32.4. The molecule has 0 spiro atoms. The van der Waals surface area contributed by atoms with Gasteiger partial charge in [0.05, 0.1) is 22.1 Å². The van der Waals surface area contributed by atoms with Crippen molar-refractivity contribution in [1.29, 1.82) is 5.26 Å². The summed E-state index contributed by atoms with van der Waals surface area (Å²) >= 11 is 6.18. The van der Waals surface area contributed by atoms with Crippen molar-refractivity contribution in [1.82, 2.24) is 4.98 Å². The first kappa shape index (κ1) is 19.3. The number of pyridine rings is 1. The molecule has 6 nitrogen and oxygen atoms in total. The fourth-order valence-electron chi connectivity index (χ4n) is 6.17. The molecule has 6 rings (SSSR count). The smallest absolute Gasteiger partial charge is 0.310 e. The summed E-state index contributed by atoms with van der Waals surface area (Å²) in [6, 6.07) is 19.8. The van der Waals surface area contributed by atoms with Crippen LogP contribution in [0.1, 0.15) is 34.7 Å². The molecule has 7 heteroatoms. The van der Waals surface area contributed by atoms with Crippen LogP contribution < -0.4 is 4.74 Å². The van der Waals surface area contributed by atoms with E-state index in [1.54, 1.807) is 30.3 Å². The number of aromatic nitrogens is 1. The highest BCUT2D eigenvalue weighted by molar-refractivity contribution is 6.30. The van der Waals surface area contributed by atoms with E-state index in [0.29, 0.717) is 34.0 Å². The Morgan fingerprint density at radius 3 is 2.56 bits per heavy atom. The summed E-state index contributed by atoms with van der Waals surface area (Å²) in [6.07, 6.45) is 1.75. The number of carboxylic acid groups (broad SMARTS) is 1. The first-order valence-electron chi connectivity index (χ1n) is 10.3. The maximum absolute atomic E-state index is 12.7. The molecule has 3 aromatic rings. The number of aliphatic hydroxyl groups is 1. The molecular weight excluding hydrogens is 428 g/mol. The van der Waals surface area contributed by atoms with Gasteiger partial charge in [0.2, 0.25) is 0 Å². The van der Waals surface area contributed by atoms with Gasteiger partial charge in [-0.1, -0.05) is 54.1 Å². The van der Waals surface area contributed by atoms with Gasteiger partial charge in [-0.15, -0.1) is 0 Å². The first-order chi connectivity index (χ1) is 15.4. The van der Waals surface area contributed by atoms with E-state index in [2.05, 4.69) is 11.1 Å². The van der Waals surface area contributed by atoms with Gasteiger partial charge in [-0.25, -0.2) is 0 Å². The second-order valence-electron chi connectivity index (χ2n) is 8.74. The van der Waals surface area contributed by atoms with Gasteiger partial charge in [0, 0.05) is 24.1 Å². The first-order valence-corrected chi connectivity index (χ1v) is 10.6. The number of hydrogen-bond acceptors (Lipinski definition) is 5. The quantitative estimate of drug-likeness (QED) is 0.633. The van der Waals surface area contributed by atoms with Crippen LogP contribution in [-0.4, -0.2) is 21.2 Å². The van der Waals surface area contributed by atoms with Crippen molar-refractivity contribution in [3.63, 3.8) is 0 Å². The van der Waals surface area contributed by atoms with Crippen molar-refractivity contribution < 1.29 is 19.7 Å². The number of carbonyl (C=O) groups is 1. The van der Waals surface area contributed by atoms with E-state index in [4.69, 9.17) is 16.3 Å². The zero-order valence-electron chi connectivity index (χ0n) is 16.7. The Morgan fingerprint density at radius 2 is 1.91 bits per heavy atom. The van der Waals surface area contributed by atoms with Gasteiger partial charge in [0.25, 0.3) is 0 Å². The topological polar surface area (TPSA) is 103 Å². The number of aliphatic carboxylic acids is 1. The Kier molecular flexibility index (Phi) is 3.68. The molecule has 3 aliphatic rings. The molecule has 0 amide bonds. The molecule has 2 aromatic carbocycles. The van der Waals surface area contributed by atoms with Crippen LogP contribution in [0.2, 0.25) is 5.02 Å². The molecule has 0 unspecified atom stereocenters. The summed E-state index contributed by atoms with van der Waals surface area (Å²) in [4.78, 5) is 17.1. The van der Waals surface area contributed by atoms with E-state index in [1.807, 2.05) is 30.3 Å². The summed E-state index contributed by atoms with van der Waals surface area (Å²) in [7, 11) is 0. The minimum absolute atomic E-state index is 0.304. The molecule has 1 aliphatic heterocycles. The molecule has 5 atom stereocenters. The fraction of sp³-hybridized carbons (Fsp3) is 0.240. The number of benzene rings is 2. The van der Waals surface area contributed by atoms with Gasteiger partial charge >= 0.3 is 5.97 Å². The number of nitriles is 1. The average Bonchev–Trinajstić information content (AvgIpc) is 3.45. The largest absolute Gasteiger partial charge is 0.481 e. The summed E-state index contributed by atoms with van der Waals surface area (Å²) in [6.45, 7) is 0. The highest BCUT2D eigenvalue weighted by Gasteiger charge is 2.90. The molecule has 2 aliphatic carbocycles. The molecule has 1 aromatic heterocycles. The van der Waals surface area contributed by atoms with Crippen LogP contribution >= 0.6 is 11.6 Å². The van der Waals surface area contributed by atoms with Crippen molar-refractivity contribution in [2.75, 3.05) is 0 Å². The summed E-state index contributed by atoms with van der Waals surface area (Å²) in [5.41, 5.74) is -2.21. The molecule has 2 fully saturated rings. The molecule has 2 saturated carbocycles. The zero-order chi connectivity index (χ0) is 22.3. The van der Waals surface area contributed by atoms with Crippen LogP contribution in [0.25, 0.3) is 0 Å². The zero-order valence-corrected chi connectivity index (χ0v) is 17.5. The monoisotopic (exact) mass is 444 g/mol. The summed E-state index contributed by atoms with van der Waals surface area (Å²) in [5.74, 6) is -1.91. The highest BCUT2D eigenvalue weighted by atomic mass is 35.5. The SMILES string of the molecule is N#Cc1ccc([C@@]23Oc4cc(Cl)cnc4[C@]2(O)[C@H]2C[C@@]2(C(=O)O)[C@H]3c2ccccc2)cc1. The minimum Gasteiger partial charge on any atom is -0.481 e. The average molecular weight is 445 g/mol. The van der Waals surface area contributed by atoms with Crippen molar-refractivity contribution in [2.45, 2.75) is 23.5 Å². The molecule has 0 bridgehead atoms. The van der Waals surface area contributed by atoms with Crippen LogP contribution in [0.5, 0.6) is 5.75 Å². The van der Waals surface area contributed by atoms with Gasteiger partial charge in [0.15, 0.2) is 11.2 Å². The molecule has 32 heavy (non-hydrogen) atoms. The van der Waals surface area contributed by atoms with Gasteiger partial charge < -0.3 is 14.9 Å². The number of rotatable bonds is 3.